The molecule has 1 aromatic heterocycles. The molecule has 8 nitrogen and oxygen atoms in total. The summed E-state index contributed by atoms with van der Waals surface area (Å²) in [5, 5.41) is 10.7. The Morgan fingerprint density at radius 2 is 2.00 bits per heavy atom. The number of carbonyl (C=O) groups is 1. The Morgan fingerprint density at radius 3 is 2.69 bits per heavy atom. The van der Waals surface area contributed by atoms with Crippen LogP contribution >= 0.6 is 22.9 Å². The van der Waals surface area contributed by atoms with E-state index in [1.54, 1.807) is 50.3 Å². The number of hydrogen-bond donors (Lipinski definition) is 1. The minimum absolute atomic E-state index is 0.0188. The first-order valence-corrected chi connectivity index (χ1v) is 11.9. The van der Waals surface area contributed by atoms with Crippen LogP contribution in [0.2, 0.25) is 5.02 Å². The van der Waals surface area contributed by atoms with E-state index in [9.17, 15) is 14.7 Å². The number of aromatic nitrogens is 1. The fraction of sp³-hybridized carbons (Fsp3) is 0.240. The highest BCUT2D eigenvalue weighted by atomic mass is 35.5. The number of ether oxygens (including phenoxy) is 3. The van der Waals surface area contributed by atoms with E-state index in [0.29, 0.717) is 42.7 Å². The zero-order valence-electron chi connectivity index (χ0n) is 19.5. The standard InChI is InChI=1S/C25H23ClN2O6S/c1-5-34-24(31)21-13(2)27-25-28(22(21)17-12-16(32-3)7-9-19(17)33-4)23(30)20(35-25)11-14-10-15(26)6-8-18(14)29/h6-12,22,29H,5H2,1-4H3/b20-11-. The number of rotatable bonds is 6. The van der Waals surface area contributed by atoms with Crippen molar-refractivity contribution in [1.29, 1.82) is 0 Å². The first-order chi connectivity index (χ1) is 16.8. The number of nitrogens with zero attached hydrogens (tertiary/aromatic N) is 2. The van der Waals surface area contributed by atoms with Crippen molar-refractivity contribution in [3.05, 3.63) is 83.5 Å². The predicted molar refractivity (Wildman–Crippen MR) is 133 cm³/mol. The largest absolute Gasteiger partial charge is 0.507 e. The number of halogens is 1. The molecule has 3 aromatic rings. The molecule has 1 aliphatic rings. The van der Waals surface area contributed by atoms with Crippen LogP contribution in [0, 0.1) is 0 Å². The van der Waals surface area contributed by atoms with Crippen molar-refractivity contribution < 1.29 is 24.1 Å². The SMILES string of the molecule is CCOC(=O)C1=C(C)N=c2s/c(=C\c3cc(Cl)ccc3O)c(=O)n2C1c1cc(OC)ccc1OC. The molecule has 0 saturated carbocycles. The van der Waals surface area contributed by atoms with Crippen LogP contribution in [0.1, 0.15) is 31.0 Å². The monoisotopic (exact) mass is 514 g/mol. The van der Waals surface area contributed by atoms with Crippen LogP contribution < -0.4 is 24.4 Å². The van der Waals surface area contributed by atoms with Gasteiger partial charge in [-0.2, -0.15) is 0 Å². The molecular weight excluding hydrogens is 492 g/mol. The van der Waals surface area contributed by atoms with Crippen LogP contribution in [0.25, 0.3) is 6.08 Å². The molecule has 0 radical (unpaired) electrons. The molecule has 0 amide bonds. The number of thiazole rings is 1. The summed E-state index contributed by atoms with van der Waals surface area (Å²) >= 11 is 7.22. The Morgan fingerprint density at radius 1 is 1.23 bits per heavy atom. The lowest BCUT2D eigenvalue weighted by molar-refractivity contribution is -0.139. The smallest absolute Gasteiger partial charge is 0.338 e. The van der Waals surface area contributed by atoms with Gasteiger partial charge in [0, 0.05) is 16.1 Å². The van der Waals surface area contributed by atoms with Gasteiger partial charge in [0.25, 0.3) is 5.56 Å². The van der Waals surface area contributed by atoms with Crippen molar-refractivity contribution in [3.63, 3.8) is 0 Å². The second-order valence-corrected chi connectivity index (χ2v) is 9.06. The minimum atomic E-state index is -0.870. The quantitative estimate of drug-likeness (QED) is 0.507. The Labute approximate surface area is 210 Å². The summed E-state index contributed by atoms with van der Waals surface area (Å²) in [4.78, 5) is 31.7. The van der Waals surface area contributed by atoms with Crippen LogP contribution in [0.5, 0.6) is 17.2 Å². The first-order valence-electron chi connectivity index (χ1n) is 10.7. The van der Waals surface area contributed by atoms with Crippen LogP contribution in [-0.4, -0.2) is 36.5 Å². The number of fused-ring (bicyclic) bond motifs is 1. The van der Waals surface area contributed by atoms with Crippen LogP contribution in [-0.2, 0) is 9.53 Å². The fourth-order valence-electron chi connectivity index (χ4n) is 3.92. The summed E-state index contributed by atoms with van der Waals surface area (Å²) < 4.78 is 18.1. The maximum atomic E-state index is 13.7. The van der Waals surface area contributed by atoms with Gasteiger partial charge in [0.2, 0.25) is 0 Å². The van der Waals surface area contributed by atoms with Crippen LogP contribution in [0.3, 0.4) is 0 Å². The number of allylic oxidation sites excluding steroid dienone is 1. The number of phenolic OH excluding ortho intramolecular Hbond substituents is 1. The van der Waals surface area contributed by atoms with E-state index in [4.69, 9.17) is 25.8 Å². The van der Waals surface area contributed by atoms with Gasteiger partial charge >= 0.3 is 5.97 Å². The highest BCUT2D eigenvalue weighted by molar-refractivity contribution is 7.07. The molecule has 0 bridgehead atoms. The molecule has 182 valence electrons. The third-order valence-corrected chi connectivity index (χ3v) is 6.74. The zero-order valence-corrected chi connectivity index (χ0v) is 21.1. The molecule has 1 N–H and O–H groups in total. The Hall–Kier alpha value is -3.56. The van der Waals surface area contributed by atoms with E-state index >= 15 is 0 Å². The number of benzene rings is 2. The zero-order chi connectivity index (χ0) is 25.3. The van der Waals surface area contributed by atoms with E-state index in [2.05, 4.69) is 4.99 Å². The summed E-state index contributed by atoms with van der Waals surface area (Å²) in [5.74, 6) is 0.402. The highest BCUT2D eigenvalue weighted by Gasteiger charge is 2.35. The van der Waals surface area contributed by atoms with Gasteiger partial charge in [0.15, 0.2) is 4.80 Å². The van der Waals surface area contributed by atoms with Crippen LogP contribution in [0.15, 0.2) is 57.5 Å². The molecule has 2 aromatic carbocycles. The summed E-state index contributed by atoms with van der Waals surface area (Å²) in [5.41, 5.74) is 1.19. The molecule has 1 unspecified atom stereocenters. The number of hydrogen-bond acceptors (Lipinski definition) is 8. The molecule has 0 spiro atoms. The van der Waals surface area contributed by atoms with Gasteiger partial charge < -0.3 is 19.3 Å². The highest BCUT2D eigenvalue weighted by Crippen LogP contribution is 2.37. The molecular formula is C25H23ClN2O6S. The van der Waals surface area contributed by atoms with E-state index in [-0.39, 0.29) is 17.9 Å². The average molecular weight is 515 g/mol. The molecule has 4 rings (SSSR count). The Bertz CT molecular complexity index is 1520. The molecule has 2 heterocycles. The maximum absolute atomic E-state index is 13.7. The second-order valence-electron chi connectivity index (χ2n) is 7.61. The lowest BCUT2D eigenvalue weighted by atomic mass is 9.94. The average Bonchev–Trinajstić information content (AvgIpc) is 3.14. The minimum Gasteiger partial charge on any atom is -0.507 e. The van der Waals surface area contributed by atoms with Crippen LogP contribution in [0.4, 0.5) is 0 Å². The van der Waals surface area contributed by atoms with Crippen molar-refractivity contribution in [1.82, 2.24) is 4.57 Å². The van der Waals surface area contributed by atoms with Gasteiger partial charge in [-0.1, -0.05) is 22.9 Å². The maximum Gasteiger partial charge on any atom is 0.338 e. The van der Waals surface area contributed by atoms with E-state index in [1.807, 2.05) is 0 Å². The summed E-state index contributed by atoms with van der Waals surface area (Å²) in [7, 11) is 3.04. The molecule has 0 fully saturated rings. The summed E-state index contributed by atoms with van der Waals surface area (Å²) in [6.45, 7) is 3.57. The molecule has 0 saturated heterocycles. The van der Waals surface area contributed by atoms with E-state index in [0.717, 1.165) is 11.3 Å². The number of aromatic hydroxyl groups is 1. The van der Waals surface area contributed by atoms with Gasteiger partial charge in [-0.25, -0.2) is 9.79 Å². The first kappa shape index (κ1) is 24.6. The fourth-order valence-corrected chi connectivity index (χ4v) is 5.14. The Kier molecular flexibility index (Phi) is 7.00. The number of phenols is 1. The van der Waals surface area contributed by atoms with Gasteiger partial charge in [-0.3, -0.25) is 9.36 Å². The topological polar surface area (TPSA) is 99.4 Å². The molecule has 0 aliphatic carbocycles. The van der Waals surface area contributed by atoms with Gasteiger partial charge in [-0.05, 0) is 56.3 Å². The van der Waals surface area contributed by atoms with Crippen molar-refractivity contribution >= 4 is 35.0 Å². The molecule has 10 heteroatoms. The second kappa shape index (κ2) is 9.97. The lowest BCUT2D eigenvalue weighted by Gasteiger charge is -2.26. The van der Waals surface area contributed by atoms with Crippen molar-refractivity contribution in [2.24, 2.45) is 4.99 Å². The van der Waals surface area contributed by atoms with Gasteiger partial charge in [0.05, 0.1) is 36.6 Å². The molecule has 35 heavy (non-hydrogen) atoms. The normalized spacial score (nSPS) is 15.5. The van der Waals surface area contributed by atoms with Crippen molar-refractivity contribution in [3.8, 4) is 17.2 Å². The van der Waals surface area contributed by atoms with E-state index < -0.39 is 17.6 Å². The predicted octanol–water partition coefficient (Wildman–Crippen LogP) is 3.17. The third kappa shape index (κ3) is 4.56. The molecule has 1 atom stereocenters. The Balaban J connectivity index is 2.04. The molecule has 1 aliphatic heterocycles. The number of methoxy groups -OCH3 is 2. The van der Waals surface area contributed by atoms with Crippen molar-refractivity contribution in [2.45, 2.75) is 19.9 Å². The number of esters is 1. The van der Waals surface area contributed by atoms with Gasteiger partial charge in [0.1, 0.15) is 23.3 Å². The number of carbonyl (C=O) groups excluding carboxylic acids is 1. The third-order valence-electron chi connectivity index (χ3n) is 5.52. The lowest BCUT2D eigenvalue weighted by Crippen LogP contribution is -2.40. The van der Waals surface area contributed by atoms with Crippen molar-refractivity contribution in [2.75, 3.05) is 20.8 Å². The summed E-state index contributed by atoms with van der Waals surface area (Å²) in [6, 6.07) is 8.87. The van der Waals surface area contributed by atoms with E-state index in [1.165, 1.54) is 24.9 Å². The summed E-state index contributed by atoms with van der Waals surface area (Å²) in [6.07, 6.45) is 1.55. The van der Waals surface area contributed by atoms with Gasteiger partial charge in [-0.15, -0.1) is 0 Å².